The summed E-state index contributed by atoms with van der Waals surface area (Å²) in [6, 6.07) is 25.8. The van der Waals surface area contributed by atoms with Crippen LogP contribution in [-0.4, -0.2) is 34.2 Å². The molecule has 0 atom stereocenters. The standard InChI is InChI=1S/2C15H12N2O2.Cl3OP/c2*1-19-11-6-4-10(5-7-11)13-9-14-12(15(18)17-13)3-2-8-16-14;1-5(2,3)4/h2*2-9H,1H3,(H,17,18);. The molecule has 0 aliphatic carbocycles. The summed E-state index contributed by atoms with van der Waals surface area (Å²) in [5.41, 5.74) is 4.47. The van der Waals surface area contributed by atoms with Gasteiger partial charge in [0, 0.05) is 12.4 Å². The number of ether oxygens (including phenoxy) is 2. The monoisotopic (exact) mass is 656 g/mol. The number of nitrogens with zero attached hydrogens (tertiary/aromatic N) is 2. The molecule has 4 aromatic heterocycles. The SMILES string of the molecule is COc1ccc(-c2cc3ncccc3c(=O)[nH]2)cc1.COc1ccc(-c2cc3ncccc3c(=O)[nH]2)cc1.O=P(Cl)(Cl)Cl. The number of hydrogen-bond donors (Lipinski definition) is 2. The zero-order valence-corrected chi connectivity index (χ0v) is 25.9. The molecule has 43 heavy (non-hydrogen) atoms. The Bertz CT molecular complexity index is 1870. The maximum Gasteiger partial charge on any atom is 0.339 e. The molecule has 0 fully saturated rings. The Balaban J connectivity index is 0.000000171. The van der Waals surface area contributed by atoms with Crippen molar-refractivity contribution < 1.29 is 14.0 Å². The van der Waals surface area contributed by atoms with Crippen LogP contribution in [0.3, 0.4) is 0 Å². The molecular formula is C30H24Cl3N4O5P. The minimum Gasteiger partial charge on any atom is -0.497 e. The summed E-state index contributed by atoms with van der Waals surface area (Å²) in [6.45, 7) is 0. The lowest BCUT2D eigenvalue weighted by molar-refractivity contribution is 0.415. The number of aromatic amines is 2. The minimum absolute atomic E-state index is 0.128. The quantitative estimate of drug-likeness (QED) is 0.184. The predicted octanol–water partition coefficient (Wildman–Crippen LogP) is 8.01. The largest absolute Gasteiger partial charge is 0.497 e. The van der Waals surface area contributed by atoms with Crippen LogP contribution < -0.4 is 20.6 Å². The van der Waals surface area contributed by atoms with E-state index in [1.807, 2.05) is 60.7 Å². The van der Waals surface area contributed by atoms with E-state index in [9.17, 15) is 14.2 Å². The zero-order chi connectivity index (χ0) is 31.0. The van der Waals surface area contributed by atoms with Crippen LogP contribution in [0.2, 0.25) is 0 Å². The Kier molecular flexibility index (Phi) is 10.6. The predicted molar refractivity (Wildman–Crippen MR) is 174 cm³/mol. The molecule has 0 saturated carbocycles. The van der Waals surface area contributed by atoms with Crippen LogP contribution in [0.4, 0.5) is 0 Å². The van der Waals surface area contributed by atoms with E-state index >= 15 is 0 Å². The molecule has 0 saturated heterocycles. The molecule has 2 N–H and O–H groups in total. The van der Waals surface area contributed by atoms with Gasteiger partial charge in [-0.3, -0.25) is 24.1 Å². The molecular weight excluding hydrogens is 634 g/mol. The number of H-pyrrole nitrogens is 2. The first-order valence-electron chi connectivity index (χ1n) is 12.5. The Morgan fingerprint density at radius 3 is 1.30 bits per heavy atom. The Morgan fingerprint density at radius 2 is 0.977 bits per heavy atom. The second-order valence-electron chi connectivity index (χ2n) is 8.75. The summed E-state index contributed by atoms with van der Waals surface area (Å²) in [6.07, 6.45) is 3.36. The van der Waals surface area contributed by atoms with Crippen molar-refractivity contribution >= 4 is 60.7 Å². The van der Waals surface area contributed by atoms with Crippen molar-refractivity contribution in [2.24, 2.45) is 0 Å². The van der Waals surface area contributed by atoms with E-state index in [1.165, 1.54) is 0 Å². The van der Waals surface area contributed by atoms with E-state index < -0.39 is 5.20 Å². The Hall–Kier alpha value is -4.14. The van der Waals surface area contributed by atoms with Gasteiger partial charge < -0.3 is 19.4 Å². The summed E-state index contributed by atoms with van der Waals surface area (Å²) in [4.78, 5) is 38.1. The number of methoxy groups -OCH3 is 2. The van der Waals surface area contributed by atoms with Crippen molar-refractivity contribution in [3.05, 3.63) is 118 Å². The lowest BCUT2D eigenvalue weighted by Crippen LogP contribution is -2.07. The molecule has 220 valence electrons. The molecule has 0 unspecified atom stereocenters. The second-order valence-corrected chi connectivity index (χ2v) is 15.4. The molecule has 0 amide bonds. The van der Waals surface area contributed by atoms with Gasteiger partial charge in [0.25, 0.3) is 11.1 Å². The molecule has 0 radical (unpaired) electrons. The highest BCUT2D eigenvalue weighted by atomic mass is 36.0. The first-order valence-corrected chi connectivity index (χ1v) is 16.9. The number of hydrogen-bond acceptors (Lipinski definition) is 7. The summed E-state index contributed by atoms with van der Waals surface area (Å²) < 4.78 is 19.7. The molecule has 0 spiro atoms. The highest BCUT2D eigenvalue weighted by Crippen LogP contribution is 2.61. The van der Waals surface area contributed by atoms with Crippen LogP contribution in [0.15, 0.2) is 107 Å². The van der Waals surface area contributed by atoms with Gasteiger partial charge in [0.2, 0.25) is 0 Å². The third kappa shape index (κ3) is 8.92. The molecule has 13 heteroatoms. The minimum atomic E-state index is -3.22. The van der Waals surface area contributed by atoms with Crippen LogP contribution in [0, 0.1) is 0 Å². The molecule has 6 aromatic rings. The fourth-order valence-electron chi connectivity index (χ4n) is 4.03. The number of rotatable bonds is 4. The average Bonchev–Trinajstić information content (AvgIpc) is 3.01. The summed E-state index contributed by atoms with van der Waals surface area (Å²) in [5.74, 6) is 1.56. The fourth-order valence-corrected chi connectivity index (χ4v) is 4.03. The summed E-state index contributed by atoms with van der Waals surface area (Å²) in [7, 11) is 3.24. The maximum absolute atomic E-state index is 12.0. The molecule has 4 heterocycles. The highest BCUT2D eigenvalue weighted by molar-refractivity contribution is 8.24. The number of pyridine rings is 4. The third-order valence-corrected chi connectivity index (χ3v) is 6.03. The molecule has 6 rings (SSSR count). The van der Waals surface area contributed by atoms with Gasteiger partial charge in [0.15, 0.2) is 0 Å². The van der Waals surface area contributed by atoms with E-state index in [0.29, 0.717) is 21.8 Å². The highest BCUT2D eigenvalue weighted by Gasteiger charge is 2.06. The molecule has 9 nitrogen and oxygen atoms in total. The van der Waals surface area contributed by atoms with Crippen LogP contribution in [0.1, 0.15) is 0 Å². The molecule has 2 aromatic carbocycles. The lowest BCUT2D eigenvalue weighted by atomic mass is 10.1. The first-order chi connectivity index (χ1) is 20.6. The van der Waals surface area contributed by atoms with Crippen molar-refractivity contribution in [1.82, 2.24) is 19.9 Å². The van der Waals surface area contributed by atoms with Gasteiger partial charge in [-0.05, 0) is 130 Å². The average molecular weight is 658 g/mol. The molecule has 0 bridgehead atoms. The number of halogens is 3. The topological polar surface area (TPSA) is 127 Å². The first kappa shape index (κ1) is 31.8. The van der Waals surface area contributed by atoms with Crippen molar-refractivity contribution in [3.63, 3.8) is 0 Å². The maximum atomic E-state index is 12.0. The fraction of sp³-hybridized carbons (Fsp3) is 0.0667. The van der Waals surface area contributed by atoms with Crippen molar-refractivity contribution in [2.75, 3.05) is 14.2 Å². The van der Waals surface area contributed by atoms with Crippen LogP contribution in [0.25, 0.3) is 44.3 Å². The third-order valence-electron chi connectivity index (χ3n) is 6.03. The number of nitrogens with one attached hydrogen (secondary N) is 2. The zero-order valence-electron chi connectivity index (χ0n) is 22.8. The number of aromatic nitrogens is 4. The van der Waals surface area contributed by atoms with Crippen LogP contribution in [0.5, 0.6) is 11.5 Å². The van der Waals surface area contributed by atoms with Crippen LogP contribution in [-0.2, 0) is 4.57 Å². The molecule has 0 aliphatic heterocycles. The van der Waals surface area contributed by atoms with E-state index in [-0.39, 0.29) is 11.1 Å². The number of fused-ring (bicyclic) bond motifs is 2. The van der Waals surface area contributed by atoms with E-state index in [2.05, 4.69) is 53.7 Å². The van der Waals surface area contributed by atoms with Gasteiger partial charge in [-0.25, -0.2) is 0 Å². The van der Waals surface area contributed by atoms with Gasteiger partial charge in [-0.15, -0.1) is 0 Å². The molecule has 0 aliphatic rings. The smallest absolute Gasteiger partial charge is 0.339 e. The second kappa shape index (κ2) is 14.4. The number of benzene rings is 2. The van der Waals surface area contributed by atoms with Gasteiger partial charge >= 0.3 is 5.20 Å². The Morgan fingerprint density at radius 1 is 0.628 bits per heavy atom. The van der Waals surface area contributed by atoms with Gasteiger partial charge in [0.05, 0.1) is 47.4 Å². The van der Waals surface area contributed by atoms with E-state index in [0.717, 1.165) is 34.0 Å². The Labute approximate surface area is 260 Å². The summed E-state index contributed by atoms with van der Waals surface area (Å²) >= 11 is 13.8. The van der Waals surface area contributed by atoms with Crippen molar-refractivity contribution in [2.45, 2.75) is 0 Å². The van der Waals surface area contributed by atoms with Gasteiger partial charge in [0.1, 0.15) is 11.5 Å². The van der Waals surface area contributed by atoms with Gasteiger partial charge in [-0.2, -0.15) is 0 Å². The van der Waals surface area contributed by atoms with E-state index in [1.54, 1.807) is 50.9 Å². The summed E-state index contributed by atoms with van der Waals surface area (Å²) in [5, 5.41) is -2.03. The van der Waals surface area contributed by atoms with Crippen LogP contribution >= 0.6 is 38.9 Å². The van der Waals surface area contributed by atoms with E-state index in [4.69, 9.17) is 9.47 Å². The van der Waals surface area contributed by atoms with Gasteiger partial charge in [-0.1, -0.05) is 0 Å². The normalized spacial score (nSPS) is 10.7. The lowest BCUT2D eigenvalue weighted by Gasteiger charge is -2.05. The van der Waals surface area contributed by atoms with Crippen molar-refractivity contribution in [1.29, 1.82) is 0 Å². The van der Waals surface area contributed by atoms with Crippen molar-refractivity contribution in [3.8, 4) is 34.0 Å².